The summed E-state index contributed by atoms with van der Waals surface area (Å²) in [4.78, 5) is 0. The lowest BCUT2D eigenvalue weighted by molar-refractivity contribution is 0.0563. The van der Waals surface area contributed by atoms with Gasteiger partial charge in [0.2, 0.25) is 0 Å². The third-order valence-corrected chi connectivity index (χ3v) is 3.88. The summed E-state index contributed by atoms with van der Waals surface area (Å²) in [6.07, 6.45) is 9.41. The van der Waals surface area contributed by atoms with Crippen LogP contribution in [0, 0.1) is 11.8 Å². The molecule has 2 nitrogen and oxygen atoms in total. The summed E-state index contributed by atoms with van der Waals surface area (Å²) in [5.74, 6) is 1.13. The number of rotatable bonds is 8. The maximum atomic E-state index is 10.1. The van der Waals surface area contributed by atoms with Gasteiger partial charge in [-0.05, 0) is 57.1 Å². The van der Waals surface area contributed by atoms with E-state index in [1.165, 1.54) is 11.1 Å². The van der Waals surface area contributed by atoms with Crippen molar-refractivity contribution in [2.75, 3.05) is 6.54 Å². The molecule has 0 bridgehead atoms. The van der Waals surface area contributed by atoms with Crippen LogP contribution in [0.4, 0.5) is 0 Å². The lowest BCUT2D eigenvalue weighted by Crippen LogP contribution is -2.39. The molecule has 21 heavy (non-hydrogen) atoms. The minimum Gasteiger partial charge on any atom is -0.390 e. The third kappa shape index (κ3) is 7.63. The summed E-state index contributed by atoms with van der Waals surface area (Å²) in [6, 6.07) is 0.349. The summed E-state index contributed by atoms with van der Waals surface area (Å²) < 4.78 is 0. The molecule has 0 aromatic rings. The summed E-state index contributed by atoms with van der Waals surface area (Å²) >= 11 is 0. The molecular formula is C19H33NO. The minimum atomic E-state index is -0.626. The first-order valence-corrected chi connectivity index (χ1v) is 8.19. The second kappa shape index (κ2) is 7.95. The zero-order valence-electron chi connectivity index (χ0n) is 14.4. The van der Waals surface area contributed by atoms with Crippen LogP contribution in [0.15, 0.2) is 36.0 Å². The third-order valence-electron chi connectivity index (χ3n) is 3.88. The highest BCUT2D eigenvalue weighted by molar-refractivity contribution is 5.35. The van der Waals surface area contributed by atoms with E-state index < -0.39 is 5.60 Å². The first kappa shape index (κ1) is 18.2. The fraction of sp³-hybridized carbons (Fsp3) is 0.684. The second-order valence-corrected chi connectivity index (χ2v) is 7.55. The largest absolute Gasteiger partial charge is 0.390 e. The van der Waals surface area contributed by atoms with Crippen molar-refractivity contribution in [3.63, 3.8) is 0 Å². The van der Waals surface area contributed by atoms with E-state index >= 15 is 0 Å². The Hall–Kier alpha value is -0.860. The SMILES string of the molecule is C=C1C=CC([C@@H](C)CC(CC(C)(C)O)NCC(C)C)=CC1. The predicted octanol–water partition coefficient (Wildman–Crippen LogP) is 4.23. The van der Waals surface area contributed by atoms with Crippen molar-refractivity contribution in [2.24, 2.45) is 11.8 Å². The van der Waals surface area contributed by atoms with Crippen molar-refractivity contribution in [3.8, 4) is 0 Å². The van der Waals surface area contributed by atoms with Gasteiger partial charge in [0.1, 0.15) is 0 Å². The van der Waals surface area contributed by atoms with Crippen LogP contribution >= 0.6 is 0 Å². The molecule has 2 N–H and O–H groups in total. The molecular weight excluding hydrogens is 258 g/mol. The van der Waals surface area contributed by atoms with Crippen molar-refractivity contribution in [1.29, 1.82) is 0 Å². The molecule has 0 saturated heterocycles. The van der Waals surface area contributed by atoms with E-state index in [0.29, 0.717) is 17.9 Å². The standard InChI is InChI=1S/C19H33NO/c1-14(2)13-20-18(12-19(5,6)21)11-16(4)17-9-7-15(3)8-10-17/h7,9-10,14,16,18,20-21H,3,8,11-13H2,1-2,4-6H3/t16-,18?/m0/s1. The van der Waals surface area contributed by atoms with Crippen LogP contribution in [0.1, 0.15) is 53.9 Å². The van der Waals surface area contributed by atoms with Gasteiger partial charge in [0.05, 0.1) is 5.60 Å². The van der Waals surface area contributed by atoms with E-state index in [4.69, 9.17) is 0 Å². The predicted molar refractivity (Wildman–Crippen MR) is 92.3 cm³/mol. The maximum absolute atomic E-state index is 10.1. The van der Waals surface area contributed by atoms with Crippen LogP contribution in [0.5, 0.6) is 0 Å². The van der Waals surface area contributed by atoms with Gasteiger partial charge in [0.15, 0.2) is 0 Å². The van der Waals surface area contributed by atoms with Crippen molar-refractivity contribution >= 4 is 0 Å². The molecule has 0 amide bonds. The van der Waals surface area contributed by atoms with Crippen LogP contribution in [-0.4, -0.2) is 23.3 Å². The van der Waals surface area contributed by atoms with Crippen LogP contribution in [0.25, 0.3) is 0 Å². The van der Waals surface area contributed by atoms with E-state index in [-0.39, 0.29) is 0 Å². The highest BCUT2D eigenvalue weighted by Gasteiger charge is 2.23. The Labute approximate surface area is 131 Å². The van der Waals surface area contributed by atoms with Gasteiger partial charge in [-0.25, -0.2) is 0 Å². The topological polar surface area (TPSA) is 32.3 Å². The molecule has 2 heteroatoms. The van der Waals surface area contributed by atoms with Gasteiger partial charge in [-0.1, -0.05) is 51.2 Å². The zero-order chi connectivity index (χ0) is 16.0. The Morgan fingerprint density at radius 1 is 1.29 bits per heavy atom. The fourth-order valence-electron chi connectivity index (χ4n) is 2.77. The normalized spacial score (nSPS) is 18.8. The van der Waals surface area contributed by atoms with Crippen molar-refractivity contribution in [2.45, 2.75) is 65.5 Å². The Kier molecular flexibility index (Phi) is 6.89. The molecule has 0 saturated carbocycles. The van der Waals surface area contributed by atoms with E-state index in [2.05, 4.69) is 50.9 Å². The lowest BCUT2D eigenvalue weighted by Gasteiger charge is -2.29. The number of allylic oxidation sites excluding steroid dienone is 5. The first-order valence-electron chi connectivity index (χ1n) is 8.19. The molecule has 2 atom stereocenters. The van der Waals surface area contributed by atoms with E-state index in [1.807, 2.05) is 13.8 Å². The molecule has 1 rings (SSSR count). The van der Waals surface area contributed by atoms with Crippen molar-refractivity contribution < 1.29 is 5.11 Å². The minimum absolute atomic E-state index is 0.349. The summed E-state index contributed by atoms with van der Waals surface area (Å²) in [5, 5.41) is 13.8. The average molecular weight is 291 g/mol. The van der Waals surface area contributed by atoms with E-state index in [1.54, 1.807) is 0 Å². The van der Waals surface area contributed by atoms with Crippen LogP contribution in [0.3, 0.4) is 0 Å². The van der Waals surface area contributed by atoms with Crippen LogP contribution < -0.4 is 5.32 Å². The molecule has 0 fully saturated rings. The summed E-state index contributed by atoms with van der Waals surface area (Å²) in [6.45, 7) is 15.5. The Balaban J connectivity index is 2.62. The van der Waals surface area contributed by atoms with Gasteiger partial charge in [-0.3, -0.25) is 0 Å². The summed E-state index contributed by atoms with van der Waals surface area (Å²) in [7, 11) is 0. The molecule has 0 aliphatic heterocycles. The Morgan fingerprint density at radius 2 is 1.95 bits per heavy atom. The van der Waals surface area contributed by atoms with Gasteiger partial charge >= 0.3 is 0 Å². The quantitative estimate of drug-likeness (QED) is 0.701. The van der Waals surface area contributed by atoms with Gasteiger partial charge in [0, 0.05) is 6.04 Å². The van der Waals surface area contributed by atoms with E-state index in [0.717, 1.165) is 25.8 Å². The molecule has 1 aliphatic rings. The van der Waals surface area contributed by atoms with Gasteiger partial charge in [0.25, 0.3) is 0 Å². The molecule has 0 spiro atoms. The first-order chi connectivity index (χ1) is 9.67. The lowest BCUT2D eigenvalue weighted by atomic mass is 9.86. The van der Waals surface area contributed by atoms with Gasteiger partial charge in [-0.15, -0.1) is 0 Å². The molecule has 0 aromatic heterocycles. The number of hydrogen-bond acceptors (Lipinski definition) is 2. The monoisotopic (exact) mass is 291 g/mol. The molecule has 1 aliphatic carbocycles. The number of nitrogens with one attached hydrogen (secondary N) is 1. The zero-order valence-corrected chi connectivity index (χ0v) is 14.4. The fourth-order valence-corrected chi connectivity index (χ4v) is 2.77. The van der Waals surface area contributed by atoms with Crippen LogP contribution in [-0.2, 0) is 0 Å². The average Bonchev–Trinajstić information content (AvgIpc) is 2.34. The molecule has 120 valence electrons. The second-order valence-electron chi connectivity index (χ2n) is 7.55. The molecule has 0 radical (unpaired) electrons. The highest BCUT2D eigenvalue weighted by atomic mass is 16.3. The smallest absolute Gasteiger partial charge is 0.0606 e. The van der Waals surface area contributed by atoms with E-state index in [9.17, 15) is 5.11 Å². The van der Waals surface area contributed by atoms with Crippen molar-refractivity contribution in [1.82, 2.24) is 5.32 Å². The molecule has 1 unspecified atom stereocenters. The summed E-state index contributed by atoms with van der Waals surface area (Å²) in [5.41, 5.74) is 1.95. The Morgan fingerprint density at radius 3 is 2.43 bits per heavy atom. The number of hydrogen-bond donors (Lipinski definition) is 2. The number of aliphatic hydroxyl groups is 1. The van der Waals surface area contributed by atoms with Gasteiger partial charge in [-0.2, -0.15) is 0 Å². The van der Waals surface area contributed by atoms with Crippen molar-refractivity contribution in [3.05, 3.63) is 36.0 Å². The highest BCUT2D eigenvalue weighted by Crippen LogP contribution is 2.26. The Bertz CT molecular complexity index is 398. The maximum Gasteiger partial charge on any atom is 0.0606 e. The van der Waals surface area contributed by atoms with Crippen LogP contribution in [0.2, 0.25) is 0 Å². The molecule has 0 heterocycles. The van der Waals surface area contributed by atoms with Gasteiger partial charge < -0.3 is 10.4 Å². The molecule has 0 aromatic carbocycles.